The largest absolute Gasteiger partial charge is 0.494 e. The molecule has 1 aromatic carbocycles. The van der Waals surface area contributed by atoms with Gasteiger partial charge in [0.1, 0.15) is 15.0 Å². The van der Waals surface area contributed by atoms with Crippen LogP contribution in [0.15, 0.2) is 40.1 Å². The third-order valence-electron chi connectivity index (χ3n) is 5.81. The van der Waals surface area contributed by atoms with Crippen molar-refractivity contribution in [2.45, 2.75) is 23.3 Å². The van der Waals surface area contributed by atoms with Gasteiger partial charge in [0.2, 0.25) is 5.95 Å². The summed E-state index contributed by atoms with van der Waals surface area (Å²) in [5.41, 5.74) is 2.23. The molecule has 4 rings (SSSR count). The normalized spacial score (nSPS) is 14.9. The number of piperazine rings is 1. The quantitative estimate of drug-likeness (QED) is 0.427. The van der Waals surface area contributed by atoms with Gasteiger partial charge in [-0.05, 0) is 44.5 Å². The second-order valence-electron chi connectivity index (χ2n) is 8.53. The van der Waals surface area contributed by atoms with Crippen LogP contribution in [-0.4, -0.2) is 68.9 Å². The molecule has 2 N–H and O–H groups in total. The summed E-state index contributed by atoms with van der Waals surface area (Å²) in [5, 5.41) is 7.69. The first kappa shape index (κ1) is 25.5. The molecule has 0 amide bonds. The fourth-order valence-corrected chi connectivity index (χ4v) is 6.48. The van der Waals surface area contributed by atoms with Crippen LogP contribution in [0, 0.1) is 0 Å². The Labute approximate surface area is 215 Å². The van der Waals surface area contributed by atoms with Gasteiger partial charge in [-0.3, -0.25) is 0 Å². The zero-order chi connectivity index (χ0) is 25.2. The number of benzene rings is 1. The highest BCUT2D eigenvalue weighted by molar-refractivity contribution is 7.94. The maximum Gasteiger partial charge on any atom is 0.229 e. The fraction of sp³-hybridized carbons (Fsp3) is 0.391. The molecule has 12 heteroatoms. The Hall–Kier alpha value is -2.60. The lowest BCUT2D eigenvalue weighted by molar-refractivity contribution is 0.312. The standard InChI is InChI=1S/C23H29ClN6O3S2/c1-15(2)35(31,32)22-19(7-12-34-22)26-21-17(24)14-25-23(28-21)27-18-6-5-16(13-20(18)33-4)30-10-8-29(3)9-11-30/h5-7,12-15H,8-11H2,1-4H3,(H2,25,26,27,28). The molecule has 1 saturated heterocycles. The van der Waals surface area contributed by atoms with Crippen molar-refractivity contribution in [1.82, 2.24) is 14.9 Å². The topological polar surface area (TPSA) is 99.7 Å². The van der Waals surface area contributed by atoms with Gasteiger partial charge in [0.15, 0.2) is 15.7 Å². The number of ether oxygens (including phenoxy) is 1. The van der Waals surface area contributed by atoms with E-state index in [1.807, 2.05) is 18.2 Å². The monoisotopic (exact) mass is 536 g/mol. The molecule has 9 nitrogen and oxygen atoms in total. The van der Waals surface area contributed by atoms with E-state index in [1.165, 1.54) is 6.20 Å². The highest BCUT2D eigenvalue weighted by Gasteiger charge is 2.25. The van der Waals surface area contributed by atoms with Gasteiger partial charge in [0.25, 0.3) is 0 Å². The molecule has 0 unspecified atom stereocenters. The molecule has 0 saturated carbocycles. The van der Waals surface area contributed by atoms with Crippen molar-refractivity contribution < 1.29 is 13.2 Å². The highest BCUT2D eigenvalue weighted by atomic mass is 35.5. The van der Waals surface area contributed by atoms with Crippen LogP contribution in [0.2, 0.25) is 5.02 Å². The third-order valence-corrected chi connectivity index (χ3v) is 9.75. The van der Waals surface area contributed by atoms with Crippen LogP contribution >= 0.6 is 22.9 Å². The van der Waals surface area contributed by atoms with Gasteiger partial charge in [0.05, 0.1) is 29.9 Å². The van der Waals surface area contributed by atoms with Crippen LogP contribution < -0.4 is 20.3 Å². The number of sulfone groups is 1. The van der Waals surface area contributed by atoms with Gasteiger partial charge in [-0.25, -0.2) is 13.4 Å². The minimum Gasteiger partial charge on any atom is -0.494 e. The summed E-state index contributed by atoms with van der Waals surface area (Å²) in [6.45, 7) is 7.25. The smallest absolute Gasteiger partial charge is 0.229 e. The second kappa shape index (κ2) is 10.6. The number of thiophene rings is 1. The maximum atomic E-state index is 12.7. The Balaban J connectivity index is 1.56. The van der Waals surface area contributed by atoms with Gasteiger partial charge in [-0.15, -0.1) is 11.3 Å². The summed E-state index contributed by atoms with van der Waals surface area (Å²) >= 11 is 7.48. The lowest BCUT2D eigenvalue weighted by Crippen LogP contribution is -2.44. The number of halogens is 1. The molecule has 188 valence electrons. The number of hydrogen-bond donors (Lipinski definition) is 2. The van der Waals surface area contributed by atoms with Crippen LogP contribution in [-0.2, 0) is 9.84 Å². The average molecular weight is 537 g/mol. The van der Waals surface area contributed by atoms with Crippen LogP contribution in [0.5, 0.6) is 5.75 Å². The fourth-order valence-electron chi connectivity index (χ4n) is 3.63. The molecule has 1 fully saturated rings. The molecular weight excluding hydrogens is 508 g/mol. The van der Waals surface area contributed by atoms with Gasteiger partial charge in [-0.1, -0.05) is 11.6 Å². The first-order chi connectivity index (χ1) is 16.7. The van der Waals surface area contributed by atoms with Crippen LogP contribution in [0.3, 0.4) is 0 Å². The highest BCUT2D eigenvalue weighted by Crippen LogP contribution is 2.35. The van der Waals surface area contributed by atoms with E-state index in [0.717, 1.165) is 43.2 Å². The first-order valence-corrected chi connectivity index (χ1v) is 14.0. The summed E-state index contributed by atoms with van der Waals surface area (Å²) in [7, 11) is 0.299. The predicted molar refractivity (Wildman–Crippen MR) is 143 cm³/mol. The van der Waals surface area contributed by atoms with E-state index in [1.54, 1.807) is 32.4 Å². The molecule has 1 aliphatic rings. The number of methoxy groups -OCH3 is 1. The predicted octanol–water partition coefficient (Wildman–Crippen LogP) is 4.62. The van der Waals surface area contributed by atoms with E-state index in [4.69, 9.17) is 16.3 Å². The van der Waals surface area contributed by atoms with Crippen molar-refractivity contribution in [3.05, 3.63) is 40.9 Å². The number of nitrogens with one attached hydrogen (secondary N) is 2. The van der Waals surface area contributed by atoms with Gasteiger partial charge in [-0.2, -0.15) is 4.98 Å². The molecule has 0 aliphatic carbocycles. The van der Waals surface area contributed by atoms with Crippen LogP contribution in [0.1, 0.15) is 13.8 Å². The molecule has 0 bridgehead atoms. The van der Waals surface area contributed by atoms with Gasteiger partial charge in [0, 0.05) is 37.9 Å². The first-order valence-electron chi connectivity index (χ1n) is 11.2. The molecule has 35 heavy (non-hydrogen) atoms. The van der Waals surface area contributed by atoms with Crippen molar-refractivity contribution in [3.63, 3.8) is 0 Å². The average Bonchev–Trinajstić information content (AvgIpc) is 3.31. The number of hydrogen-bond acceptors (Lipinski definition) is 10. The summed E-state index contributed by atoms with van der Waals surface area (Å²) in [5.74, 6) is 1.26. The van der Waals surface area contributed by atoms with Crippen molar-refractivity contribution in [2.75, 3.05) is 55.9 Å². The SMILES string of the molecule is COc1cc(N2CCN(C)CC2)ccc1Nc1ncc(Cl)c(Nc2ccsc2S(=O)(=O)C(C)C)n1. The summed E-state index contributed by atoms with van der Waals surface area (Å²) in [6, 6.07) is 7.67. The molecule has 0 atom stereocenters. The number of rotatable bonds is 8. The number of nitrogens with zero attached hydrogens (tertiary/aromatic N) is 4. The van der Waals surface area contributed by atoms with E-state index in [9.17, 15) is 8.42 Å². The molecule has 0 spiro atoms. The van der Waals surface area contributed by atoms with E-state index in [2.05, 4.69) is 37.4 Å². The summed E-state index contributed by atoms with van der Waals surface area (Å²) in [6.07, 6.45) is 1.47. The minimum absolute atomic E-state index is 0.248. The zero-order valence-corrected chi connectivity index (χ0v) is 22.5. The molecule has 2 aromatic heterocycles. The van der Waals surface area contributed by atoms with E-state index < -0.39 is 15.1 Å². The van der Waals surface area contributed by atoms with E-state index in [0.29, 0.717) is 28.9 Å². The van der Waals surface area contributed by atoms with Gasteiger partial charge >= 0.3 is 0 Å². The summed E-state index contributed by atoms with van der Waals surface area (Å²) < 4.78 is 31.3. The Morgan fingerprint density at radius 2 is 1.86 bits per heavy atom. The minimum atomic E-state index is -3.45. The molecular formula is C23H29ClN6O3S2. The van der Waals surface area contributed by atoms with Crippen LogP contribution in [0.4, 0.5) is 28.8 Å². The lowest BCUT2D eigenvalue weighted by atomic mass is 10.2. The van der Waals surface area contributed by atoms with Crippen molar-refractivity contribution in [3.8, 4) is 5.75 Å². The van der Waals surface area contributed by atoms with Crippen molar-refractivity contribution in [2.24, 2.45) is 0 Å². The maximum absolute atomic E-state index is 12.7. The molecule has 3 heterocycles. The summed E-state index contributed by atoms with van der Waals surface area (Å²) in [4.78, 5) is 13.4. The number of likely N-dealkylation sites (N-methyl/N-ethyl adjacent to an activating group) is 1. The van der Waals surface area contributed by atoms with Crippen LogP contribution in [0.25, 0.3) is 0 Å². The van der Waals surface area contributed by atoms with E-state index in [-0.39, 0.29) is 9.23 Å². The Morgan fingerprint density at radius 3 is 2.54 bits per heavy atom. The zero-order valence-electron chi connectivity index (χ0n) is 20.1. The van der Waals surface area contributed by atoms with Crippen molar-refractivity contribution in [1.29, 1.82) is 0 Å². The van der Waals surface area contributed by atoms with Crippen molar-refractivity contribution >= 4 is 61.6 Å². The Kier molecular flexibility index (Phi) is 7.70. The Morgan fingerprint density at radius 1 is 1.11 bits per heavy atom. The molecule has 3 aromatic rings. The second-order valence-corrected chi connectivity index (χ2v) is 12.6. The third kappa shape index (κ3) is 5.64. The molecule has 1 aliphatic heterocycles. The van der Waals surface area contributed by atoms with Gasteiger partial charge < -0.3 is 25.2 Å². The lowest BCUT2D eigenvalue weighted by Gasteiger charge is -2.34. The number of aromatic nitrogens is 2. The Bertz CT molecular complexity index is 1290. The number of anilines is 5. The van der Waals surface area contributed by atoms with E-state index >= 15 is 0 Å². The molecule has 0 radical (unpaired) electrons.